The standard InChI is InChI=1S/C15H21N3O2/c1-11-5-2-3-7-13(11)18-15(20)14(19)17-10-12-6-4-8-16-9-12/h4,6,8-9,11,13H,2-3,5,7,10H2,1H3,(H,17,19)(H,18,20)/t11-,13+/m1/s1. The van der Waals surface area contributed by atoms with Gasteiger partial charge in [-0.25, -0.2) is 0 Å². The monoisotopic (exact) mass is 275 g/mol. The summed E-state index contributed by atoms with van der Waals surface area (Å²) >= 11 is 0. The van der Waals surface area contributed by atoms with E-state index in [1.165, 1.54) is 6.42 Å². The van der Waals surface area contributed by atoms with Crippen LogP contribution in [-0.2, 0) is 16.1 Å². The summed E-state index contributed by atoms with van der Waals surface area (Å²) in [6.45, 7) is 2.44. The van der Waals surface area contributed by atoms with Crippen molar-refractivity contribution >= 4 is 11.8 Å². The van der Waals surface area contributed by atoms with Crippen LogP contribution in [0.1, 0.15) is 38.2 Å². The van der Waals surface area contributed by atoms with Crippen molar-refractivity contribution in [3.05, 3.63) is 30.1 Å². The molecule has 20 heavy (non-hydrogen) atoms. The molecule has 0 spiro atoms. The molecular formula is C15H21N3O2. The van der Waals surface area contributed by atoms with E-state index >= 15 is 0 Å². The molecule has 1 fully saturated rings. The molecular weight excluding hydrogens is 254 g/mol. The van der Waals surface area contributed by atoms with Crippen LogP contribution in [0.25, 0.3) is 0 Å². The highest BCUT2D eigenvalue weighted by molar-refractivity contribution is 6.35. The lowest BCUT2D eigenvalue weighted by Crippen LogP contribution is -2.47. The number of carbonyl (C=O) groups excluding carboxylic acids is 2. The molecule has 2 amide bonds. The number of nitrogens with zero attached hydrogens (tertiary/aromatic N) is 1. The first kappa shape index (κ1) is 14.5. The number of pyridine rings is 1. The number of carbonyl (C=O) groups is 2. The van der Waals surface area contributed by atoms with Crippen molar-refractivity contribution in [2.45, 2.75) is 45.2 Å². The Morgan fingerprint density at radius 1 is 1.30 bits per heavy atom. The lowest BCUT2D eigenvalue weighted by atomic mass is 9.86. The van der Waals surface area contributed by atoms with Gasteiger partial charge in [0.2, 0.25) is 0 Å². The van der Waals surface area contributed by atoms with Crippen LogP contribution in [0, 0.1) is 5.92 Å². The smallest absolute Gasteiger partial charge is 0.309 e. The van der Waals surface area contributed by atoms with Gasteiger partial charge in [-0.05, 0) is 30.4 Å². The average molecular weight is 275 g/mol. The van der Waals surface area contributed by atoms with Crippen LogP contribution in [-0.4, -0.2) is 22.8 Å². The molecule has 0 bridgehead atoms. The molecule has 2 atom stereocenters. The van der Waals surface area contributed by atoms with E-state index in [2.05, 4.69) is 22.5 Å². The van der Waals surface area contributed by atoms with E-state index in [0.717, 1.165) is 24.8 Å². The summed E-state index contributed by atoms with van der Waals surface area (Å²) in [5.74, 6) is -0.668. The summed E-state index contributed by atoms with van der Waals surface area (Å²) in [5, 5.41) is 5.45. The fourth-order valence-corrected chi connectivity index (χ4v) is 2.53. The van der Waals surface area contributed by atoms with Crippen LogP contribution < -0.4 is 10.6 Å². The van der Waals surface area contributed by atoms with Crippen molar-refractivity contribution in [2.75, 3.05) is 0 Å². The van der Waals surface area contributed by atoms with E-state index in [1.807, 2.05) is 6.07 Å². The molecule has 1 aliphatic rings. The molecule has 0 unspecified atom stereocenters. The van der Waals surface area contributed by atoms with E-state index < -0.39 is 11.8 Å². The van der Waals surface area contributed by atoms with Crippen molar-refractivity contribution in [1.82, 2.24) is 15.6 Å². The van der Waals surface area contributed by atoms with E-state index in [-0.39, 0.29) is 6.04 Å². The van der Waals surface area contributed by atoms with Crippen LogP contribution in [0.5, 0.6) is 0 Å². The van der Waals surface area contributed by atoms with Crippen molar-refractivity contribution in [1.29, 1.82) is 0 Å². The first-order valence-corrected chi connectivity index (χ1v) is 7.14. The summed E-state index contributed by atoms with van der Waals surface area (Å²) in [6.07, 6.45) is 7.74. The maximum atomic E-state index is 11.8. The molecule has 1 aromatic rings. The summed E-state index contributed by atoms with van der Waals surface area (Å²) in [7, 11) is 0. The molecule has 0 aromatic carbocycles. The molecule has 5 nitrogen and oxygen atoms in total. The molecule has 1 saturated carbocycles. The Morgan fingerprint density at radius 2 is 2.10 bits per heavy atom. The summed E-state index contributed by atoms with van der Waals surface area (Å²) < 4.78 is 0. The van der Waals surface area contributed by atoms with Crippen LogP contribution in [0.2, 0.25) is 0 Å². The first-order chi connectivity index (χ1) is 9.66. The van der Waals surface area contributed by atoms with Gasteiger partial charge in [0.05, 0.1) is 0 Å². The highest BCUT2D eigenvalue weighted by Crippen LogP contribution is 2.23. The Bertz CT molecular complexity index is 461. The Balaban J connectivity index is 1.78. The van der Waals surface area contributed by atoms with Crippen LogP contribution in [0.15, 0.2) is 24.5 Å². The van der Waals surface area contributed by atoms with Gasteiger partial charge in [0.15, 0.2) is 0 Å². The second kappa shape index (κ2) is 7.03. The average Bonchev–Trinajstić information content (AvgIpc) is 2.48. The largest absolute Gasteiger partial charge is 0.345 e. The molecule has 2 N–H and O–H groups in total. The molecule has 1 aromatic heterocycles. The summed E-state index contributed by atoms with van der Waals surface area (Å²) in [6, 6.07) is 3.78. The Labute approximate surface area is 119 Å². The topological polar surface area (TPSA) is 71.1 Å². The van der Waals surface area contributed by atoms with Gasteiger partial charge in [0.1, 0.15) is 0 Å². The number of aromatic nitrogens is 1. The van der Waals surface area contributed by atoms with Gasteiger partial charge >= 0.3 is 11.8 Å². The van der Waals surface area contributed by atoms with Crippen molar-refractivity contribution in [3.8, 4) is 0 Å². The summed E-state index contributed by atoms with van der Waals surface area (Å²) in [5.41, 5.74) is 0.875. The molecule has 0 radical (unpaired) electrons. The number of nitrogens with one attached hydrogen (secondary N) is 2. The van der Waals surface area contributed by atoms with Gasteiger partial charge in [-0.15, -0.1) is 0 Å². The second-order valence-corrected chi connectivity index (χ2v) is 5.39. The van der Waals surface area contributed by atoms with Gasteiger partial charge < -0.3 is 10.6 Å². The van der Waals surface area contributed by atoms with Crippen molar-refractivity contribution in [2.24, 2.45) is 5.92 Å². The Hall–Kier alpha value is -1.91. The first-order valence-electron chi connectivity index (χ1n) is 7.14. The van der Waals surface area contributed by atoms with Crippen molar-refractivity contribution in [3.63, 3.8) is 0 Å². The third-order valence-corrected chi connectivity index (χ3v) is 3.81. The molecule has 2 rings (SSSR count). The SMILES string of the molecule is C[C@@H]1CCCC[C@@H]1NC(=O)C(=O)NCc1cccnc1. The molecule has 0 saturated heterocycles. The van der Waals surface area contributed by atoms with E-state index in [4.69, 9.17) is 0 Å². The predicted octanol–water partition coefficient (Wildman–Crippen LogP) is 1.39. The number of amides is 2. The number of hydrogen-bond acceptors (Lipinski definition) is 3. The number of hydrogen-bond donors (Lipinski definition) is 2. The highest BCUT2D eigenvalue weighted by Gasteiger charge is 2.25. The minimum absolute atomic E-state index is 0.125. The van der Waals surface area contributed by atoms with Crippen LogP contribution in [0.4, 0.5) is 0 Å². The highest BCUT2D eigenvalue weighted by atomic mass is 16.2. The predicted molar refractivity (Wildman–Crippen MR) is 75.6 cm³/mol. The van der Waals surface area contributed by atoms with Crippen LogP contribution in [0.3, 0.4) is 0 Å². The zero-order chi connectivity index (χ0) is 14.4. The number of rotatable bonds is 3. The van der Waals surface area contributed by atoms with Gasteiger partial charge in [-0.2, -0.15) is 0 Å². The van der Waals surface area contributed by atoms with E-state index in [0.29, 0.717) is 12.5 Å². The molecule has 108 valence electrons. The third-order valence-electron chi connectivity index (χ3n) is 3.81. The van der Waals surface area contributed by atoms with Crippen LogP contribution >= 0.6 is 0 Å². The maximum Gasteiger partial charge on any atom is 0.309 e. The van der Waals surface area contributed by atoms with Gasteiger partial charge in [0.25, 0.3) is 0 Å². The molecule has 1 aliphatic carbocycles. The van der Waals surface area contributed by atoms with Gasteiger partial charge in [-0.3, -0.25) is 14.6 Å². The lowest BCUT2D eigenvalue weighted by Gasteiger charge is -2.29. The van der Waals surface area contributed by atoms with E-state index in [1.54, 1.807) is 18.5 Å². The normalized spacial score (nSPS) is 22.1. The zero-order valence-corrected chi connectivity index (χ0v) is 11.8. The molecule has 1 heterocycles. The molecule has 0 aliphatic heterocycles. The second-order valence-electron chi connectivity index (χ2n) is 5.39. The fourth-order valence-electron chi connectivity index (χ4n) is 2.53. The third kappa shape index (κ3) is 4.05. The van der Waals surface area contributed by atoms with E-state index in [9.17, 15) is 9.59 Å². The maximum absolute atomic E-state index is 11.8. The Morgan fingerprint density at radius 3 is 2.80 bits per heavy atom. The fraction of sp³-hybridized carbons (Fsp3) is 0.533. The lowest BCUT2D eigenvalue weighted by molar-refractivity contribution is -0.140. The minimum atomic E-state index is -0.577. The summed E-state index contributed by atoms with van der Waals surface area (Å²) in [4.78, 5) is 27.6. The van der Waals surface area contributed by atoms with Gasteiger partial charge in [-0.1, -0.05) is 25.8 Å². The quantitative estimate of drug-likeness (QED) is 0.819. The van der Waals surface area contributed by atoms with Crippen molar-refractivity contribution < 1.29 is 9.59 Å². The minimum Gasteiger partial charge on any atom is -0.345 e. The van der Waals surface area contributed by atoms with Gasteiger partial charge in [0, 0.05) is 25.0 Å². The Kier molecular flexibility index (Phi) is 5.09. The zero-order valence-electron chi connectivity index (χ0n) is 11.8. The molecule has 5 heteroatoms.